The molecule has 0 saturated carbocycles. The van der Waals surface area contributed by atoms with Crippen LogP contribution >= 0.6 is 12.6 Å². The van der Waals surface area contributed by atoms with Crippen molar-refractivity contribution in [3.8, 4) is 11.5 Å². The molecule has 0 aliphatic heterocycles. The van der Waals surface area contributed by atoms with Gasteiger partial charge in [0.1, 0.15) is 11.5 Å². The molecule has 0 spiro atoms. The maximum absolute atomic E-state index is 9.85. The molecule has 0 saturated heterocycles. The molecule has 0 bridgehead atoms. The summed E-state index contributed by atoms with van der Waals surface area (Å²) in [6.45, 7) is 2.87. The van der Waals surface area contributed by atoms with Crippen molar-refractivity contribution >= 4 is 23.4 Å². The van der Waals surface area contributed by atoms with Gasteiger partial charge in [-0.25, -0.2) is 0 Å². The highest BCUT2D eigenvalue weighted by Crippen LogP contribution is 2.32. The largest absolute Gasteiger partial charge is 0.506 e. The number of phenolic OH excluding ortho intramolecular Hbond substituents is 1. The van der Waals surface area contributed by atoms with E-state index in [0.29, 0.717) is 4.90 Å². The molecule has 0 aliphatic rings. The van der Waals surface area contributed by atoms with Gasteiger partial charge in [-0.1, -0.05) is 19.4 Å². The van der Waals surface area contributed by atoms with E-state index in [9.17, 15) is 5.11 Å². The normalized spacial score (nSPS) is 10.7. The first kappa shape index (κ1) is 12.1. The van der Waals surface area contributed by atoms with Gasteiger partial charge in [-0.05, 0) is 36.1 Å². The van der Waals surface area contributed by atoms with Gasteiger partial charge in [0, 0.05) is 10.3 Å². The van der Waals surface area contributed by atoms with Crippen LogP contribution in [0.4, 0.5) is 0 Å². The average molecular weight is 248 g/mol. The van der Waals surface area contributed by atoms with Gasteiger partial charge >= 0.3 is 0 Å². The number of unbranched alkanes of at least 4 members (excludes halogenated alkanes) is 1. The Bertz CT molecular complexity index is 523. The maximum Gasteiger partial charge on any atom is 0.136 e. The number of thiol groups is 1. The second-order valence-corrected chi connectivity index (χ2v) is 4.50. The number of fused-ring (bicyclic) bond motifs is 1. The van der Waals surface area contributed by atoms with Crippen LogP contribution in [0.15, 0.2) is 35.2 Å². The van der Waals surface area contributed by atoms with Gasteiger partial charge in [-0.15, -0.1) is 12.6 Å². The minimum absolute atomic E-state index is 0.228. The molecule has 17 heavy (non-hydrogen) atoms. The molecule has 90 valence electrons. The van der Waals surface area contributed by atoms with Crippen LogP contribution < -0.4 is 4.74 Å². The second-order valence-electron chi connectivity index (χ2n) is 4.02. The summed E-state index contributed by atoms with van der Waals surface area (Å²) in [6.07, 6.45) is 2.18. The van der Waals surface area contributed by atoms with Crippen LogP contribution in [0.25, 0.3) is 10.8 Å². The molecular weight excluding hydrogens is 232 g/mol. The van der Waals surface area contributed by atoms with Crippen LogP contribution in [0.5, 0.6) is 11.5 Å². The molecule has 0 unspecified atom stereocenters. The van der Waals surface area contributed by atoms with Crippen LogP contribution in [0.3, 0.4) is 0 Å². The topological polar surface area (TPSA) is 29.5 Å². The van der Waals surface area contributed by atoms with E-state index < -0.39 is 0 Å². The fraction of sp³-hybridized carbons (Fsp3) is 0.286. The number of rotatable bonds is 4. The van der Waals surface area contributed by atoms with Gasteiger partial charge in [0.25, 0.3) is 0 Å². The minimum Gasteiger partial charge on any atom is -0.506 e. The summed E-state index contributed by atoms with van der Waals surface area (Å²) in [5.41, 5.74) is 0. The van der Waals surface area contributed by atoms with Gasteiger partial charge in [0.2, 0.25) is 0 Å². The first-order valence-electron chi connectivity index (χ1n) is 5.80. The molecular formula is C14H16O2S. The molecule has 2 nitrogen and oxygen atoms in total. The van der Waals surface area contributed by atoms with Gasteiger partial charge in [0.05, 0.1) is 6.61 Å². The molecule has 0 atom stereocenters. The third-order valence-electron chi connectivity index (χ3n) is 2.71. The third kappa shape index (κ3) is 2.67. The standard InChI is InChI=1S/C14H16O2S/c1-2-3-8-16-11-5-6-12-10(9-11)4-7-13(17)14(12)15/h4-7,9,15,17H,2-3,8H2,1H3. The van der Waals surface area contributed by atoms with E-state index in [2.05, 4.69) is 19.6 Å². The van der Waals surface area contributed by atoms with E-state index >= 15 is 0 Å². The summed E-state index contributed by atoms with van der Waals surface area (Å²) in [7, 11) is 0. The lowest BCUT2D eigenvalue weighted by Gasteiger charge is -2.08. The zero-order valence-electron chi connectivity index (χ0n) is 9.81. The fourth-order valence-electron chi connectivity index (χ4n) is 1.70. The summed E-state index contributed by atoms with van der Waals surface area (Å²) < 4.78 is 5.62. The van der Waals surface area contributed by atoms with Crippen LogP contribution in [0, 0.1) is 0 Å². The Morgan fingerprint density at radius 3 is 2.82 bits per heavy atom. The summed E-state index contributed by atoms with van der Waals surface area (Å²) in [5.74, 6) is 1.07. The average Bonchev–Trinajstić information content (AvgIpc) is 2.34. The van der Waals surface area contributed by atoms with Gasteiger partial charge < -0.3 is 9.84 Å². The van der Waals surface area contributed by atoms with Gasteiger partial charge in [-0.2, -0.15) is 0 Å². The highest BCUT2D eigenvalue weighted by Gasteiger charge is 2.04. The zero-order valence-corrected chi connectivity index (χ0v) is 10.7. The molecule has 0 amide bonds. The quantitative estimate of drug-likeness (QED) is 0.632. The van der Waals surface area contributed by atoms with Crippen molar-refractivity contribution in [2.75, 3.05) is 6.61 Å². The van der Waals surface area contributed by atoms with Gasteiger partial charge in [0.15, 0.2) is 0 Å². The molecule has 2 aromatic rings. The van der Waals surface area contributed by atoms with Crippen molar-refractivity contribution < 1.29 is 9.84 Å². The second kappa shape index (κ2) is 5.32. The lowest BCUT2D eigenvalue weighted by Crippen LogP contribution is -1.96. The van der Waals surface area contributed by atoms with E-state index in [1.807, 2.05) is 24.3 Å². The number of ether oxygens (including phenoxy) is 1. The molecule has 1 N–H and O–H groups in total. The first-order valence-corrected chi connectivity index (χ1v) is 6.24. The Morgan fingerprint density at radius 2 is 2.06 bits per heavy atom. The van der Waals surface area contributed by atoms with E-state index in [4.69, 9.17) is 4.74 Å². The highest BCUT2D eigenvalue weighted by molar-refractivity contribution is 7.80. The summed E-state index contributed by atoms with van der Waals surface area (Å²) in [6, 6.07) is 9.41. The molecule has 0 radical (unpaired) electrons. The van der Waals surface area contributed by atoms with Crippen molar-refractivity contribution in [1.29, 1.82) is 0 Å². The van der Waals surface area contributed by atoms with Crippen molar-refractivity contribution in [1.82, 2.24) is 0 Å². The SMILES string of the molecule is CCCCOc1ccc2c(O)c(S)ccc2c1. The van der Waals surface area contributed by atoms with Crippen molar-refractivity contribution in [2.24, 2.45) is 0 Å². The predicted molar refractivity (Wildman–Crippen MR) is 73.3 cm³/mol. The monoisotopic (exact) mass is 248 g/mol. The van der Waals surface area contributed by atoms with Gasteiger partial charge in [-0.3, -0.25) is 0 Å². The van der Waals surface area contributed by atoms with Crippen LogP contribution in [-0.4, -0.2) is 11.7 Å². The molecule has 0 aliphatic carbocycles. The number of phenols is 1. The number of benzene rings is 2. The van der Waals surface area contributed by atoms with E-state index in [-0.39, 0.29) is 5.75 Å². The van der Waals surface area contributed by atoms with Crippen LogP contribution in [0.1, 0.15) is 19.8 Å². The number of hydrogen-bond acceptors (Lipinski definition) is 3. The third-order valence-corrected chi connectivity index (χ3v) is 3.07. The highest BCUT2D eigenvalue weighted by atomic mass is 32.1. The van der Waals surface area contributed by atoms with Crippen LogP contribution in [-0.2, 0) is 0 Å². The Labute approximate surface area is 107 Å². The predicted octanol–water partition coefficient (Wildman–Crippen LogP) is 4.01. The van der Waals surface area contributed by atoms with E-state index in [1.54, 1.807) is 6.07 Å². The fourth-order valence-corrected chi connectivity index (χ4v) is 1.90. The van der Waals surface area contributed by atoms with E-state index in [1.165, 1.54) is 0 Å². The number of aromatic hydroxyl groups is 1. The molecule has 0 fully saturated rings. The van der Waals surface area contributed by atoms with Crippen LogP contribution in [0.2, 0.25) is 0 Å². The molecule has 3 heteroatoms. The minimum atomic E-state index is 0.228. The van der Waals surface area contributed by atoms with Crippen molar-refractivity contribution in [3.05, 3.63) is 30.3 Å². The number of hydrogen-bond donors (Lipinski definition) is 2. The Morgan fingerprint density at radius 1 is 1.24 bits per heavy atom. The Balaban J connectivity index is 2.29. The first-order chi connectivity index (χ1) is 8.22. The Kier molecular flexibility index (Phi) is 3.79. The smallest absolute Gasteiger partial charge is 0.136 e. The molecule has 0 aromatic heterocycles. The molecule has 0 heterocycles. The summed E-state index contributed by atoms with van der Waals surface area (Å²) >= 11 is 4.19. The molecule has 2 aromatic carbocycles. The zero-order chi connectivity index (χ0) is 12.3. The van der Waals surface area contributed by atoms with Crippen molar-refractivity contribution in [2.45, 2.75) is 24.7 Å². The maximum atomic E-state index is 9.85. The summed E-state index contributed by atoms with van der Waals surface area (Å²) in [4.78, 5) is 0.595. The lowest BCUT2D eigenvalue weighted by molar-refractivity contribution is 0.310. The van der Waals surface area contributed by atoms with E-state index in [0.717, 1.165) is 36.0 Å². The summed E-state index contributed by atoms with van der Waals surface area (Å²) in [5, 5.41) is 11.6. The molecule has 2 rings (SSSR count). The Hall–Kier alpha value is -1.35. The van der Waals surface area contributed by atoms with Crippen molar-refractivity contribution in [3.63, 3.8) is 0 Å². The lowest BCUT2D eigenvalue weighted by atomic mass is 10.1.